The van der Waals surface area contributed by atoms with E-state index in [4.69, 9.17) is 0 Å². The van der Waals surface area contributed by atoms with Gasteiger partial charge in [0.15, 0.2) is 5.12 Å². The molecule has 74 valence electrons. The first-order chi connectivity index (χ1) is 6.79. The highest BCUT2D eigenvalue weighted by molar-refractivity contribution is 8.13. The van der Waals surface area contributed by atoms with E-state index in [1.807, 2.05) is 24.4 Å². The third-order valence-electron chi connectivity index (χ3n) is 1.58. The molecule has 0 unspecified atom stereocenters. The summed E-state index contributed by atoms with van der Waals surface area (Å²) in [4.78, 5) is 14.6. The van der Waals surface area contributed by atoms with Crippen LogP contribution in [0.4, 0.5) is 0 Å². The summed E-state index contributed by atoms with van der Waals surface area (Å²) < 4.78 is 0. The Morgan fingerprint density at radius 2 is 2.50 bits per heavy atom. The van der Waals surface area contributed by atoms with E-state index in [2.05, 4.69) is 11.1 Å². The van der Waals surface area contributed by atoms with Gasteiger partial charge in [-0.1, -0.05) is 30.0 Å². The Labute approximate surface area is 88.4 Å². The van der Waals surface area contributed by atoms with Gasteiger partial charge in [-0.05, 0) is 18.1 Å². The van der Waals surface area contributed by atoms with Gasteiger partial charge in [0, 0.05) is 25.1 Å². The van der Waals surface area contributed by atoms with E-state index < -0.39 is 0 Å². The summed E-state index contributed by atoms with van der Waals surface area (Å²) in [6.45, 7) is 1.59. The van der Waals surface area contributed by atoms with Crippen LogP contribution in [0.15, 0.2) is 30.6 Å². The van der Waals surface area contributed by atoms with E-state index in [1.54, 1.807) is 13.1 Å². The van der Waals surface area contributed by atoms with Crippen LogP contribution in [0.2, 0.25) is 0 Å². The van der Waals surface area contributed by atoms with Gasteiger partial charge in [-0.25, -0.2) is 0 Å². The van der Waals surface area contributed by atoms with E-state index >= 15 is 0 Å². The lowest BCUT2D eigenvalue weighted by molar-refractivity contribution is -0.109. The molecule has 0 aliphatic heterocycles. The molecule has 0 amide bonds. The minimum Gasteiger partial charge on any atom is -0.288 e. The Bertz CT molecular complexity index is 308. The highest BCUT2D eigenvalue weighted by Crippen LogP contribution is 2.05. The topological polar surface area (TPSA) is 30.0 Å². The second-order valence-corrected chi connectivity index (χ2v) is 4.09. The van der Waals surface area contributed by atoms with Crippen molar-refractivity contribution in [2.75, 3.05) is 5.75 Å². The summed E-state index contributed by atoms with van der Waals surface area (Å²) >= 11 is 1.36. The van der Waals surface area contributed by atoms with Crippen LogP contribution in [-0.4, -0.2) is 15.9 Å². The molecule has 0 saturated heterocycles. The zero-order chi connectivity index (χ0) is 10.2. The van der Waals surface area contributed by atoms with Crippen molar-refractivity contribution in [2.45, 2.75) is 13.3 Å². The molecule has 0 radical (unpaired) electrons. The molecule has 0 aliphatic carbocycles. The van der Waals surface area contributed by atoms with Crippen LogP contribution in [-0.2, 0) is 4.79 Å². The first-order valence-corrected chi connectivity index (χ1v) is 5.47. The number of thioether (sulfide) groups is 1. The van der Waals surface area contributed by atoms with E-state index in [1.165, 1.54) is 11.8 Å². The van der Waals surface area contributed by atoms with Gasteiger partial charge in [-0.2, -0.15) is 0 Å². The Kier molecular flexibility index (Phi) is 5.00. The van der Waals surface area contributed by atoms with Gasteiger partial charge in [0.05, 0.1) is 0 Å². The maximum Gasteiger partial charge on any atom is 0.185 e. The fourth-order valence-corrected chi connectivity index (χ4v) is 1.51. The normalized spacial score (nSPS) is 10.6. The number of carbonyl (C=O) groups is 1. The maximum absolute atomic E-state index is 10.6. The lowest BCUT2D eigenvalue weighted by Gasteiger charge is -1.92. The van der Waals surface area contributed by atoms with Crippen LogP contribution < -0.4 is 0 Å². The lowest BCUT2D eigenvalue weighted by Crippen LogP contribution is -1.83. The SMILES string of the molecule is CC(=O)SCCC=Cc1cccnc1. The second-order valence-electron chi connectivity index (χ2n) is 2.82. The van der Waals surface area contributed by atoms with Crippen molar-refractivity contribution in [1.82, 2.24) is 4.98 Å². The van der Waals surface area contributed by atoms with Crippen LogP contribution >= 0.6 is 11.8 Å². The van der Waals surface area contributed by atoms with Gasteiger partial charge in [0.25, 0.3) is 0 Å². The number of hydrogen-bond donors (Lipinski definition) is 0. The minimum atomic E-state index is 0.180. The molecule has 0 fully saturated rings. The van der Waals surface area contributed by atoms with Crippen molar-refractivity contribution < 1.29 is 4.79 Å². The predicted octanol–water partition coefficient (Wildman–Crippen LogP) is 2.76. The van der Waals surface area contributed by atoms with Gasteiger partial charge in [0.1, 0.15) is 0 Å². The number of rotatable bonds is 4. The molecule has 2 nitrogen and oxygen atoms in total. The highest BCUT2D eigenvalue weighted by Gasteiger charge is 1.90. The number of carbonyl (C=O) groups excluding carboxylic acids is 1. The molecule has 1 heterocycles. The molecular weight excluding hydrogens is 194 g/mol. The van der Waals surface area contributed by atoms with Crippen molar-refractivity contribution in [2.24, 2.45) is 0 Å². The fraction of sp³-hybridized carbons (Fsp3) is 0.273. The lowest BCUT2D eigenvalue weighted by atomic mass is 10.2. The van der Waals surface area contributed by atoms with Crippen molar-refractivity contribution >= 4 is 23.0 Å². The average molecular weight is 207 g/mol. The second kappa shape index (κ2) is 6.38. The summed E-state index contributed by atoms with van der Waals surface area (Å²) in [5.74, 6) is 0.853. The van der Waals surface area contributed by atoms with Gasteiger partial charge < -0.3 is 0 Å². The molecule has 0 saturated carbocycles. The van der Waals surface area contributed by atoms with Crippen LogP contribution in [0.1, 0.15) is 18.9 Å². The molecule has 3 heteroatoms. The summed E-state index contributed by atoms with van der Waals surface area (Å²) in [6.07, 6.45) is 8.57. The van der Waals surface area contributed by atoms with Crippen molar-refractivity contribution in [1.29, 1.82) is 0 Å². The Hall–Kier alpha value is -1.09. The third kappa shape index (κ3) is 4.82. The van der Waals surface area contributed by atoms with Crippen molar-refractivity contribution in [3.63, 3.8) is 0 Å². The Morgan fingerprint density at radius 3 is 3.14 bits per heavy atom. The molecule has 0 aliphatic rings. The van der Waals surface area contributed by atoms with Crippen LogP contribution in [0.25, 0.3) is 6.08 Å². The van der Waals surface area contributed by atoms with E-state index in [0.29, 0.717) is 0 Å². The van der Waals surface area contributed by atoms with Crippen molar-refractivity contribution in [3.05, 3.63) is 36.2 Å². The minimum absolute atomic E-state index is 0.180. The summed E-state index contributed by atoms with van der Waals surface area (Å²) in [5.41, 5.74) is 1.10. The third-order valence-corrected chi connectivity index (χ3v) is 2.43. The van der Waals surface area contributed by atoms with Crippen LogP contribution in [0.5, 0.6) is 0 Å². The molecule has 0 atom stereocenters. The molecular formula is C11H13NOS. The monoisotopic (exact) mass is 207 g/mol. The van der Waals surface area contributed by atoms with E-state index in [0.717, 1.165) is 17.7 Å². The van der Waals surface area contributed by atoms with E-state index in [-0.39, 0.29) is 5.12 Å². The number of pyridine rings is 1. The summed E-state index contributed by atoms with van der Waals surface area (Å²) in [5, 5.41) is 0.180. The van der Waals surface area contributed by atoms with Crippen LogP contribution in [0.3, 0.4) is 0 Å². The molecule has 1 aromatic rings. The molecule has 14 heavy (non-hydrogen) atoms. The van der Waals surface area contributed by atoms with Crippen molar-refractivity contribution in [3.8, 4) is 0 Å². The Balaban J connectivity index is 2.25. The zero-order valence-corrected chi connectivity index (χ0v) is 8.96. The maximum atomic E-state index is 10.6. The predicted molar refractivity (Wildman–Crippen MR) is 61.0 cm³/mol. The zero-order valence-electron chi connectivity index (χ0n) is 8.14. The summed E-state index contributed by atoms with van der Waals surface area (Å²) in [6, 6.07) is 3.91. The largest absolute Gasteiger partial charge is 0.288 e. The van der Waals surface area contributed by atoms with Crippen LogP contribution in [0, 0.1) is 0 Å². The average Bonchev–Trinajstić information content (AvgIpc) is 2.18. The molecule has 0 aromatic carbocycles. The van der Waals surface area contributed by atoms with Gasteiger partial charge in [-0.15, -0.1) is 0 Å². The van der Waals surface area contributed by atoms with Gasteiger partial charge in [0.2, 0.25) is 0 Å². The van der Waals surface area contributed by atoms with E-state index in [9.17, 15) is 4.79 Å². The first kappa shape index (κ1) is 11.0. The fourth-order valence-electron chi connectivity index (χ4n) is 0.965. The molecule has 0 bridgehead atoms. The molecule has 0 spiro atoms. The highest BCUT2D eigenvalue weighted by atomic mass is 32.2. The smallest absolute Gasteiger partial charge is 0.185 e. The standard InChI is InChI=1S/C11H13NOS/c1-10(13)14-8-3-2-5-11-6-4-7-12-9-11/h2,4-7,9H,3,8H2,1H3. The quantitative estimate of drug-likeness (QED) is 0.711. The number of allylic oxidation sites excluding steroid dienone is 1. The number of hydrogen-bond acceptors (Lipinski definition) is 3. The molecule has 1 aromatic heterocycles. The van der Waals surface area contributed by atoms with Gasteiger partial charge in [-0.3, -0.25) is 9.78 Å². The summed E-state index contributed by atoms with van der Waals surface area (Å²) in [7, 11) is 0. The first-order valence-electron chi connectivity index (χ1n) is 4.49. The number of nitrogens with zero attached hydrogens (tertiary/aromatic N) is 1. The van der Waals surface area contributed by atoms with Gasteiger partial charge >= 0.3 is 0 Å². The molecule has 0 N–H and O–H groups in total. The molecule has 1 rings (SSSR count). The Morgan fingerprint density at radius 1 is 1.64 bits per heavy atom. The number of aromatic nitrogens is 1.